The number of hydrogen-bond donors (Lipinski definition) is 4. The van der Waals surface area contributed by atoms with E-state index in [1.54, 1.807) is 35.2 Å². The number of aliphatic hydroxyl groups excluding tert-OH is 1. The molecule has 0 unspecified atom stereocenters. The van der Waals surface area contributed by atoms with Crippen LogP contribution in [0.15, 0.2) is 101 Å². The molecule has 4 aromatic carbocycles. The first-order valence-corrected chi connectivity index (χ1v) is 18.2. The maximum Gasteiger partial charge on any atom is 0.224 e. The lowest BCUT2D eigenvalue weighted by Crippen LogP contribution is -2.31. The number of thioether (sulfide) groups is 1. The molecule has 0 radical (unpaired) electrons. The van der Waals surface area contributed by atoms with Crippen molar-refractivity contribution in [2.75, 3.05) is 16.8 Å². The molecule has 1 fully saturated rings. The molecule has 1 aliphatic heterocycles. The number of ether oxygens (including phenoxy) is 2. The third kappa shape index (κ3) is 9.68. The molecule has 1 aromatic heterocycles. The molecule has 6 rings (SSSR count). The van der Waals surface area contributed by atoms with Crippen molar-refractivity contribution >= 4 is 56.5 Å². The van der Waals surface area contributed by atoms with E-state index in [2.05, 4.69) is 16.7 Å². The summed E-state index contributed by atoms with van der Waals surface area (Å²) >= 11 is 3.39. The lowest BCUT2D eigenvalue weighted by atomic mass is 10.0. The van der Waals surface area contributed by atoms with Crippen LogP contribution in [-0.2, 0) is 32.2 Å². The average molecular weight is 697 g/mol. The molecule has 1 aliphatic rings. The first-order chi connectivity index (χ1) is 23.9. The van der Waals surface area contributed by atoms with Crippen LogP contribution in [0.2, 0.25) is 0 Å². The number of amides is 2. The van der Waals surface area contributed by atoms with Crippen LogP contribution in [0, 0.1) is 0 Å². The minimum absolute atomic E-state index is 0.00402. The van der Waals surface area contributed by atoms with Gasteiger partial charge < -0.3 is 30.9 Å². The summed E-state index contributed by atoms with van der Waals surface area (Å²) in [6, 6.07) is 31.1. The number of carbonyl (C=O) groups is 2. The summed E-state index contributed by atoms with van der Waals surface area (Å²) in [6.07, 6.45) is 1.79. The van der Waals surface area contributed by atoms with Crippen LogP contribution in [-0.4, -0.2) is 33.8 Å². The Labute approximate surface area is 294 Å². The summed E-state index contributed by atoms with van der Waals surface area (Å²) in [5, 5.41) is 15.3. The summed E-state index contributed by atoms with van der Waals surface area (Å²) in [4.78, 5) is 29.5. The second-order valence-electron chi connectivity index (χ2n) is 12.0. The quantitative estimate of drug-likeness (QED) is 0.0532. The van der Waals surface area contributed by atoms with Gasteiger partial charge in [-0.25, -0.2) is 4.98 Å². The maximum absolute atomic E-state index is 12.5. The van der Waals surface area contributed by atoms with E-state index in [-0.39, 0.29) is 30.6 Å². The predicted molar refractivity (Wildman–Crippen MR) is 195 cm³/mol. The van der Waals surface area contributed by atoms with Gasteiger partial charge in [-0.3, -0.25) is 9.59 Å². The van der Waals surface area contributed by atoms with Gasteiger partial charge in [0.05, 0.1) is 40.4 Å². The highest BCUT2D eigenvalue weighted by Crippen LogP contribution is 2.40. The molecule has 9 nitrogen and oxygen atoms in total. The molecule has 0 spiro atoms. The second kappa shape index (κ2) is 16.9. The fraction of sp³-hybridized carbons (Fsp3) is 0.289. The number of nitrogens with zero attached hydrogens (tertiary/aromatic N) is 1. The molecule has 254 valence electrons. The van der Waals surface area contributed by atoms with Crippen molar-refractivity contribution in [1.29, 1.82) is 0 Å². The topological polar surface area (TPSA) is 136 Å². The Morgan fingerprint density at radius 2 is 1.55 bits per heavy atom. The number of nitrogens with two attached hydrogens (primary N) is 1. The first-order valence-electron chi connectivity index (χ1n) is 16.4. The minimum atomic E-state index is -0.559. The van der Waals surface area contributed by atoms with Crippen molar-refractivity contribution in [3.05, 3.63) is 119 Å². The highest BCUT2D eigenvalue weighted by Gasteiger charge is 2.32. The van der Waals surface area contributed by atoms with Crippen molar-refractivity contribution in [1.82, 2.24) is 10.3 Å². The fourth-order valence-electron chi connectivity index (χ4n) is 5.58. The summed E-state index contributed by atoms with van der Waals surface area (Å²) in [5.41, 5.74) is 11.8. The van der Waals surface area contributed by atoms with E-state index >= 15 is 0 Å². The zero-order valence-electron chi connectivity index (χ0n) is 27.0. The van der Waals surface area contributed by atoms with E-state index in [1.165, 1.54) is 4.70 Å². The van der Waals surface area contributed by atoms with Gasteiger partial charge in [-0.2, -0.15) is 0 Å². The highest BCUT2D eigenvalue weighted by atomic mass is 32.2. The SMILES string of the molecule is Nc1ccccc1NC(=O)CCCCC(=O)NCc1ccc([C@H]2O[C@@H](CSc3nc4ccccc4s3)C[C@@H](c3ccc(CO)cc3)O2)cc1. The number of hydrogen-bond acceptors (Lipinski definition) is 9. The largest absolute Gasteiger partial charge is 0.397 e. The van der Waals surface area contributed by atoms with Gasteiger partial charge in [0.2, 0.25) is 11.8 Å². The van der Waals surface area contributed by atoms with Gasteiger partial charge >= 0.3 is 0 Å². The maximum atomic E-state index is 12.5. The Bertz CT molecular complexity index is 1810. The van der Waals surface area contributed by atoms with E-state index in [0.29, 0.717) is 50.0 Å². The Kier molecular flexibility index (Phi) is 11.9. The summed E-state index contributed by atoms with van der Waals surface area (Å²) in [5.74, 6) is 0.564. The van der Waals surface area contributed by atoms with Crippen LogP contribution in [0.5, 0.6) is 0 Å². The first kappa shape index (κ1) is 34.6. The Balaban J connectivity index is 1.00. The van der Waals surface area contributed by atoms with Crippen LogP contribution < -0.4 is 16.4 Å². The number of thiazole rings is 1. The molecule has 0 bridgehead atoms. The van der Waals surface area contributed by atoms with Gasteiger partial charge in [0, 0.05) is 37.1 Å². The monoisotopic (exact) mass is 696 g/mol. The molecule has 49 heavy (non-hydrogen) atoms. The van der Waals surface area contributed by atoms with Crippen molar-refractivity contribution in [3.63, 3.8) is 0 Å². The molecule has 2 heterocycles. The van der Waals surface area contributed by atoms with Crippen molar-refractivity contribution in [3.8, 4) is 0 Å². The van der Waals surface area contributed by atoms with Crippen LogP contribution >= 0.6 is 23.1 Å². The number of anilines is 2. The molecule has 5 aromatic rings. The van der Waals surface area contributed by atoms with Crippen molar-refractivity contribution < 1.29 is 24.2 Å². The van der Waals surface area contributed by atoms with Gasteiger partial charge in [0.1, 0.15) is 0 Å². The van der Waals surface area contributed by atoms with Crippen molar-refractivity contribution in [2.24, 2.45) is 0 Å². The van der Waals surface area contributed by atoms with E-state index in [4.69, 9.17) is 20.2 Å². The molecule has 5 N–H and O–H groups in total. The Hall–Kier alpha value is -4.26. The third-order valence-electron chi connectivity index (χ3n) is 8.32. The predicted octanol–water partition coefficient (Wildman–Crippen LogP) is 7.52. The minimum Gasteiger partial charge on any atom is -0.397 e. The number of carbonyl (C=O) groups excluding carboxylic acids is 2. The van der Waals surface area contributed by atoms with E-state index in [0.717, 1.165) is 37.9 Å². The average Bonchev–Trinajstić information content (AvgIpc) is 3.56. The number of unbranched alkanes of at least 4 members (excludes halogenated alkanes) is 1. The lowest BCUT2D eigenvalue weighted by molar-refractivity contribution is -0.245. The Morgan fingerprint density at radius 1 is 0.857 bits per heavy atom. The molecule has 1 saturated heterocycles. The number of rotatable bonds is 14. The van der Waals surface area contributed by atoms with Gasteiger partial charge in [0.15, 0.2) is 10.6 Å². The number of para-hydroxylation sites is 3. The second-order valence-corrected chi connectivity index (χ2v) is 14.3. The van der Waals surface area contributed by atoms with E-state index in [9.17, 15) is 14.7 Å². The fourth-order valence-corrected chi connectivity index (χ4v) is 7.69. The number of fused-ring (bicyclic) bond motifs is 1. The number of benzene rings is 4. The van der Waals surface area contributed by atoms with Gasteiger partial charge in [-0.15, -0.1) is 11.3 Å². The Morgan fingerprint density at radius 3 is 2.31 bits per heavy atom. The van der Waals surface area contributed by atoms with Crippen LogP contribution in [0.4, 0.5) is 11.4 Å². The molecule has 0 aliphatic carbocycles. The van der Waals surface area contributed by atoms with Crippen LogP contribution in [0.1, 0.15) is 66.8 Å². The molecular weight excluding hydrogens is 657 g/mol. The van der Waals surface area contributed by atoms with Gasteiger partial charge in [0.25, 0.3) is 0 Å². The number of aliphatic hydroxyl groups is 1. The van der Waals surface area contributed by atoms with E-state index in [1.807, 2.05) is 78.9 Å². The molecule has 0 saturated carbocycles. The standard InChI is InChI=1S/C38H40N4O5S2/c39-30-7-1-2-8-31(30)41-36(45)12-6-5-11-35(44)40-22-25-13-19-28(20-14-25)37-46-29(21-33(47-37)27-17-15-26(23-43)16-18-27)24-48-38-42-32-9-3-4-10-34(32)49-38/h1-4,7-10,13-20,29,33,37,43H,5-6,11-12,21-24,39H2,(H,40,44)(H,41,45)/t29-,33+,37+/m1/s1. The molecule has 11 heteroatoms. The van der Waals surface area contributed by atoms with Crippen LogP contribution in [0.25, 0.3) is 10.2 Å². The lowest BCUT2D eigenvalue weighted by Gasteiger charge is -2.36. The summed E-state index contributed by atoms with van der Waals surface area (Å²) in [6.45, 7) is 0.399. The van der Waals surface area contributed by atoms with Crippen molar-refractivity contribution in [2.45, 2.75) is 68.1 Å². The van der Waals surface area contributed by atoms with Gasteiger partial charge in [-0.05, 0) is 53.8 Å². The number of nitrogen functional groups attached to an aromatic ring is 1. The molecular formula is C38H40N4O5S2. The normalized spacial score (nSPS) is 17.5. The zero-order chi connectivity index (χ0) is 34.0. The highest BCUT2D eigenvalue weighted by molar-refractivity contribution is 8.01. The zero-order valence-corrected chi connectivity index (χ0v) is 28.7. The van der Waals surface area contributed by atoms with E-state index < -0.39 is 6.29 Å². The third-order valence-corrected chi connectivity index (χ3v) is 10.6. The number of aromatic nitrogens is 1. The molecule has 2 amide bonds. The number of nitrogens with one attached hydrogen (secondary N) is 2. The van der Waals surface area contributed by atoms with Crippen LogP contribution in [0.3, 0.4) is 0 Å². The summed E-state index contributed by atoms with van der Waals surface area (Å²) in [7, 11) is 0. The molecule has 3 atom stereocenters. The smallest absolute Gasteiger partial charge is 0.224 e. The van der Waals surface area contributed by atoms with Gasteiger partial charge in [-0.1, -0.05) is 84.6 Å². The summed E-state index contributed by atoms with van der Waals surface area (Å²) < 4.78 is 15.2.